The normalized spacial score (nSPS) is 15.7. The number of carbonyl (C=O) groups is 3. The van der Waals surface area contributed by atoms with Gasteiger partial charge in [0, 0.05) is 18.5 Å². The molecule has 0 saturated heterocycles. The first-order valence-electron chi connectivity index (χ1n) is 10.4. The summed E-state index contributed by atoms with van der Waals surface area (Å²) in [5.74, 6) is 0.225. The second-order valence-corrected chi connectivity index (χ2v) is 7.75. The lowest BCUT2D eigenvalue weighted by Crippen LogP contribution is -2.42. The first kappa shape index (κ1) is 23.3. The molecule has 0 bridgehead atoms. The molecule has 1 aliphatic heterocycles. The monoisotopic (exact) mass is 421 g/mol. The van der Waals surface area contributed by atoms with Crippen molar-refractivity contribution < 1.29 is 23.9 Å². The van der Waals surface area contributed by atoms with Crippen molar-refractivity contribution in [3.8, 4) is 0 Å². The van der Waals surface area contributed by atoms with Crippen molar-refractivity contribution in [2.45, 2.75) is 70.4 Å². The molecule has 1 atom stereocenters. The first-order chi connectivity index (χ1) is 14.2. The van der Waals surface area contributed by atoms with Crippen LogP contribution in [-0.2, 0) is 30.4 Å². The van der Waals surface area contributed by atoms with Crippen molar-refractivity contribution in [2.75, 3.05) is 12.5 Å². The van der Waals surface area contributed by atoms with E-state index in [-0.39, 0.29) is 18.6 Å². The minimum atomic E-state index is -0.977. The molecule has 2 rings (SSSR count). The van der Waals surface area contributed by atoms with Gasteiger partial charge in [-0.3, -0.25) is 14.4 Å². The molecule has 0 aliphatic carbocycles. The van der Waals surface area contributed by atoms with E-state index in [1.54, 1.807) is 6.07 Å². The minimum absolute atomic E-state index is 0.154. The van der Waals surface area contributed by atoms with E-state index in [9.17, 15) is 14.4 Å². The van der Waals surface area contributed by atoms with Crippen molar-refractivity contribution in [2.24, 2.45) is 0 Å². The molecule has 0 fully saturated rings. The lowest BCUT2D eigenvalue weighted by atomic mass is 9.97. The number of carbonyl (C=O) groups excluding carboxylic acids is 3. The van der Waals surface area contributed by atoms with E-state index in [0.717, 1.165) is 30.6 Å². The molecule has 1 aromatic rings. The summed E-state index contributed by atoms with van der Waals surface area (Å²) < 4.78 is 10.3. The Labute approximate surface area is 178 Å². The van der Waals surface area contributed by atoms with Gasteiger partial charge in [-0.2, -0.15) is 12.6 Å². The van der Waals surface area contributed by atoms with Crippen LogP contribution in [0.1, 0.15) is 75.0 Å². The molecular weight excluding hydrogens is 390 g/mol. The zero-order chi connectivity index (χ0) is 20.9. The van der Waals surface area contributed by atoms with Crippen LogP contribution in [0, 0.1) is 0 Å². The Bertz CT molecular complexity index is 666. The number of benzene rings is 1. The Balaban J connectivity index is 1.77. The third-order valence-electron chi connectivity index (χ3n) is 5.07. The van der Waals surface area contributed by atoms with Gasteiger partial charge >= 0.3 is 5.97 Å². The SMILES string of the molecule is O=COCN1Cc2ccccc2C(OC(=O)CCCCCCCCCCS)C1=O. The van der Waals surface area contributed by atoms with E-state index in [1.165, 1.54) is 37.0 Å². The highest BCUT2D eigenvalue weighted by molar-refractivity contribution is 7.80. The smallest absolute Gasteiger partial charge is 0.306 e. The molecule has 0 spiro atoms. The van der Waals surface area contributed by atoms with Crippen LogP contribution < -0.4 is 0 Å². The molecule has 0 aromatic heterocycles. The van der Waals surface area contributed by atoms with Gasteiger partial charge in [0.15, 0.2) is 6.73 Å². The standard InChI is InChI=1S/C22H31NO5S/c24-17-27-16-23-15-18-11-8-9-12-19(18)21(22(23)26)28-20(25)13-7-5-3-1-2-4-6-10-14-29/h8-9,11-12,17,21,29H,1-7,10,13-16H2. The number of thiol groups is 1. The molecule has 1 aromatic carbocycles. The minimum Gasteiger partial charge on any atom is -0.447 e. The number of rotatable bonds is 14. The Morgan fingerprint density at radius 2 is 1.72 bits per heavy atom. The number of ether oxygens (including phenoxy) is 2. The van der Waals surface area contributed by atoms with Crippen molar-refractivity contribution in [1.82, 2.24) is 4.90 Å². The molecule has 1 heterocycles. The molecule has 0 saturated carbocycles. The van der Waals surface area contributed by atoms with Gasteiger partial charge in [-0.15, -0.1) is 0 Å². The average Bonchev–Trinajstić information content (AvgIpc) is 2.73. The summed E-state index contributed by atoms with van der Waals surface area (Å²) in [5, 5.41) is 0. The van der Waals surface area contributed by atoms with E-state index in [1.807, 2.05) is 18.2 Å². The number of nitrogens with zero attached hydrogens (tertiary/aromatic N) is 1. The van der Waals surface area contributed by atoms with Crippen LogP contribution in [0.25, 0.3) is 0 Å². The molecule has 0 N–H and O–H groups in total. The number of unbranched alkanes of at least 4 members (excludes halogenated alkanes) is 7. The Kier molecular flexibility index (Phi) is 10.6. The molecule has 7 heteroatoms. The van der Waals surface area contributed by atoms with Crippen LogP contribution in [0.2, 0.25) is 0 Å². The predicted molar refractivity (Wildman–Crippen MR) is 113 cm³/mol. The van der Waals surface area contributed by atoms with Crippen LogP contribution in [0.15, 0.2) is 24.3 Å². The van der Waals surface area contributed by atoms with Gasteiger partial charge in [0.25, 0.3) is 12.4 Å². The predicted octanol–water partition coefficient (Wildman–Crippen LogP) is 4.18. The van der Waals surface area contributed by atoms with Crippen LogP contribution >= 0.6 is 12.6 Å². The lowest BCUT2D eigenvalue weighted by Gasteiger charge is -2.32. The Morgan fingerprint density at radius 1 is 1.07 bits per heavy atom. The summed E-state index contributed by atoms with van der Waals surface area (Å²) in [6.07, 6.45) is 8.24. The first-order valence-corrected chi connectivity index (χ1v) is 11.0. The van der Waals surface area contributed by atoms with Gasteiger partial charge in [0.05, 0.1) is 0 Å². The zero-order valence-electron chi connectivity index (χ0n) is 16.9. The van der Waals surface area contributed by atoms with Crippen molar-refractivity contribution in [1.29, 1.82) is 0 Å². The van der Waals surface area contributed by atoms with Gasteiger partial charge in [0.2, 0.25) is 6.10 Å². The molecule has 6 nitrogen and oxygen atoms in total. The van der Waals surface area contributed by atoms with Crippen LogP contribution in [0.5, 0.6) is 0 Å². The highest BCUT2D eigenvalue weighted by atomic mass is 32.1. The van der Waals surface area contributed by atoms with Crippen molar-refractivity contribution in [3.63, 3.8) is 0 Å². The summed E-state index contributed by atoms with van der Waals surface area (Å²) >= 11 is 4.21. The Hall–Kier alpha value is -2.02. The number of amides is 1. The summed E-state index contributed by atoms with van der Waals surface area (Å²) in [5.41, 5.74) is 1.59. The van der Waals surface area contributed by atoms with Crippen molar-refractivity contribution >= 4 is 31.0 Å². The summed E-state index contributed by atoms with van der Waals surface area (Å²) in [7, 11) is 0. The molecule has 160 valence electrons. The lowest BCUT2D eigenvalue weighted by molar-refractivity contribution is -0.166. The fraction of sp³-hybridized carbons (Fsp3) is 0.591. The zero-order valence-corrected chi connectivity index (χ0v) is 17.8. The van der Waals surface area contributed by atoms with E-state index in [2.05, 4.69) is 12.6 Å². The molecule has 29 heavy (non-hydrogen) atoms. The maximum Gasteiger partial charge on any atom is 0.306 e. The number of fused-ring (bicyclic) bond motifs is 1. The number of esters is 1. The highest BCUT2D eigenvalue weighted by Crippen LogP contribution is 2.30. The van der Waals surface area contributed by atoms with Crippen LogP contribution in [0.4, 0.5) is 0 Å². The number of hydrogen-bond donors (Lipinski definition) is 1. The molecule has 0 radical (unpaired) electrons. The van der Waals surface area contributed by atoms with E-state index < -0.39 is 6.10 Å². The fourth-order valence-electron chi connectivity index (χ4n) is 3.49. The van der Waals surface area contributed by atoms with E-state index in [4.69, 9.17) is 9.47 Å². The molecule has 1 unspecified atom stereocenters. The maximum atomic E-state index is 12.7. The van der Waals surface area contributed by atoms with Crippen LogP contribution in [0.3, 0.4) is 0 Å². The van der Waals surface area contributed by atoms with Crippen LogP contribution in [-0.4, -0.2) is 35.7 Å². The molecule has 1 amide bonds. The fourth-order valence-corrected chi connectivity index (χ4v) is 3.72. The van der Waals surface area contributed by atoms with Gasteiger partial charge < -0.3 is 14.4 Å². The van der Waals surface area contributed by atoms with Gasteiger partial charge in [-0.1, -0.05) is 62.8 Å². The van der Waals surface area contributed by atoms with Gasteiger partial charge in [0.1, 0.15) is 0 Å². The largest absolute Gasteiger partial charge is 0.447 e. The Morgan fingerprint density at radius 3 is 2.41 bits per heavy atom. The third kappa shape index (κ3) is 7.72. The van der Waals surface area contributed by atoms with Gasteiger partial charge in [-0.05, 0) is 24.2 Å². The van der Waals surface area contributed by atoms with E-state index in [0.29, 0.717) is 25.0 Å². The maximum absolute atomic E-state index is 12.7. The highest BCUT2D eigenvalue weighted by Gasteiger charge is 2.35. The van der Waals surface area contributed by atoms with E-state index >= 15 is 0 Å². The summed E-state index contributed by atoms with van der Waals surface area (Å²) in [6, 6.07) is 7.37. The summed E-state index contributed by atoms with van der Waals surface area (Å²) in [4.78, 5) is 36.9. The molecular formula is C22H31NO5S. The topological polar surface area (TPSA) is 72.9 Å². The quantitative estimate of drug-likeness (QED) is 0.211. The van der Waals surface area contributed by atoms with Crippen molar-refractivity contribution in [3.05, 3.63) is 35.4 Å². The second kappa shape index (κ2) is 13.2. The second-order valence-electron chi connectivity index (χ2n) is 7.30. The van der Waals surface area contributed by atoms with Gasteiger partial charge in [-0.25, -0.2) is 0 Å². The molecule has 1 aliphatic rings. The number of hydrogen-bond acceptors (Lipinski definition) is 6. The third-order valence-corrected chi connectivity index (χ3v) is 5.39. The summed E-state index contributed by atoms with van der Waals surface area (Å²) in [6.45, 7) is 0.471. The average molecular weight is 422 g/mol.